The van der Waals surface area contributed by atoms with Crippen molar-refractivity contribution in [3.05, 3.63) is 35.6 Å². The number of fused-ring (bicyclic) bond motifs is 1. The second-order valence-electron chi connectivity index (χ2n) is 6.50. The summed E-state index contributed by atoms with van der Waals surface area (Å²) in [4.78, 5) is 0. The van der Waals surface area contributed by atoms with Crippen LogP contribution in [0.3, 0.4) is 0 Å². The third-order valence-corrected chi connectivity index (χ3v) is 4.94. The highest BCUT2D eigenvalue weighted by Crippen LogP contribution is 2.29. The molecule has 1 aliphatic carbocycles. The van der Waals surface area contributed by atoms with Crippen molar-refractivity contribution >= 4 is 11.0 Å². The van der Waals surface area contributed by atoms with Crippen molar-refractivity contribution in [2.75, 3.05) is 0 Å². The zero-order valence-electron chi connectivity index (χ0n) is 13.3. The van der Waals surface area contributed by atoms with E-state index in [1.54, 1.807) is 0 Å². The van der Waals surface area contributed by atoms with Gasteiger partial charge in [-0.2, -0.15) is 0 Å². The molecule has 21 heavy (non-hydrogen) atoms. The van der Waals surface area contributed by atoms with Crippen LogP contribution in [0, 0.1) is 5.92 Å². The van der Waals surface area contributed by atoms with Gasteiger partial charge in [-0.1, -0.05) is 44.9 Å². The smallest absolute Gasteiger partial charge is 0.134 e. The minimum atomic E-state index is 0.678. The zero-order valence-corrected chi connectivity index (χ0v) is 13.3. The molecule has 114 valence electrons. The molecule has 0 saturated heterocycles. The van der Waals surface area contributed by atoms with Crippen molar-refractivity contribution in [2.24, 2.45) is 5.92 Å². The fraction of sp³-hybridized carbons (Fsp3) is 0.579. The predicted octanol–water partition coefficient (Wildman–Crippen LogP) is 5.05. The molecule has 1 fully saturated rings. The van der Waals surface area contributed by atoms with E-state index in [1.165, 1.54) is 48.8 Å². The van der Waals surface area contributed by atoms with Crippen LogP contribution in [0.15, 0.2) is 28.7 Å². The Kier molecular flexibility index (Phi) is 4.64. The highest BCUT2D eigenvalue weighted by atomic mass is 16.3. The number of aryl methyl sites for hydroxylation is 1. The zero-order chi connectivity index (χ0) is 14.7. The molecule has 1 saturated carbocycles. The summed E-state index contributed by atoms with van der Waals surface area (Å²) in [7, 11) is 0. The van der Waals surface area contributed by atoms with Crippen molar-refractivity contribution in [1.82, 2.24) is 5.32 Å². The number of unbranched alkanes of at least 4 members (excludes halogenated alkanes) is 1. The van der Waals surface area contributed by atoms with Crippen LogP contribution in [0.2, 0.25) is 0 Å². The Morgan fingerprint density at radius 1 is 1.24 bits per heavy atom. The standard InChI is InChI=1S/C19H27NO/c1-3-4-11-19-16(13-20-17-10-7-8-14(17)2)15-9-5-6-12-18(15)21-19/h5-6,9,12,14,17,20H,3-4,7-8,10-11,13H2,1-2H3. The quantitative estimate of drug-likeness (QED) is 0.803. The molecule has 1 aromatic heterocycles. The second-order valence-corrected chi connectivity index (χ2v) is 6.50. The highest BCUT2D eigenvalue weighted by Gasteiger charge is 2.23. The molecule has 0 radical (unpaired) electrons. The molecule has 2 heteroatoms. The van der Waals surface area contributed by atoms with Gasteiger partial charge < -0.3 is 9.73 Å². The summed E-state index contributed by atoms with van der Waals surface area (Å²) >= 11 is 0. The lowest BCUT2D eigenvalue weighted by Gasteiger charge is -2.17. The summed E-state index contributed by atoms with van der Waals surface area (Å²) in [6.45, 7) is 5.56. The summed E-state index contributed by atoms with van der Waals surface area (Å²) in [5.41, 5.74) is 2.43. The van der Waals surface area contributed by atoms with E-state index in [9.17, 15) is 0 Å². The Hall–Kier alpha value is -1.28. The fourth-order valence-corrected chi connectivity index (χ4v) is 3.56. The van der Waals surface area contributed by atoms with Crippen molar-refractivity contribution in [3.63, 3.8) is 0 Å². The number of rotatable bonds is 6. The van der Waals surface area contributed by atoms with E-state index < -0.39 is 0 Å². The van der Waals surface area contributed by atoms with Gasteiger partial charge in [-0.05, 0) is 31.2 Å². The maximum absolute atomic E-state index is 6.10. The number of hydrogen-bond donors (Lipinski definition) is 1. The summed E-state index contributed by atoms with van der Waals surface area (Å²) in [5.74, 6) is 2.00. The molecule has 1 N–H and O–H groups in total. The van der Waals surface area contributed by atoms with Crippen molar-refractivity contribution < 1.29 is 4.42 Å². The minimum Gasteiger partial charge on any atom is -0.461 e. The van der Waals surface area contributed by atoms with Crippen molar-refractivity contribution in [3.8, 4) is 0 Å². The topological polar surface area (TPSA) is 25.2 Å². The lowest BCUT2D eigenvalue weighted by Crippen LogP contribution is -2.30. The molecule has 0 amide bonds. The number of para-hydroxylation sites is 1. The average molecular weight is 285 g/mol. The normalized spacial score (nSPS) is 22.2. The fourth-order valence-electron chi connectivity index (χ4n) is 3.56. The summed E-state index contributed by atoms with van der Waals surface area (Å²) < 4.78 is 6.10. The molecule has 1 aromatic carbocycles. The molecule has 0 spiro atoms. The molecule has 0 aliphatic heterocycles. The maximum atomic E-state index is 6.10. The van der Waals surface area contributed by atoms with Gasteiger partial charge in [-0.15, -0.1) is 0 Å². The van der Waals surface area contributed by atoms with Crippen LogP contribution in [0.1, 0.15) is 57.3 Å². The van der Waals surface area contributed by atoms with Crippen LogP contribution in [0.25, 0.3) is 11.0 Å². The molecular formula is C19H27NO. The Balaban J connectivity index is 1.80. The summed E-state index contributed by atoms with van der Waals surface area (Å²) in [6, 6.07) is 9.14. The third-order valence-electron chi connectivity index (χ3n) is 4.94. The molecule has 2 aromatic rings. The first-order chi connectivity index (χ1) is 10.3. The van der Waals surface area contributed by atoms with E-state index in [1.807, 2.05) is 0 Å². The summed E-state index contributed by atoms with van der Waals surface area (Å²) in [5, 5.41) is 5.08. The van der Waals surface area contributed by atoms with Crippen LogP contribution in [-0.4, -0.2) is 6.04 Å². The number of nitrogens with one attached hydrogen (secondary N) is 1. The highest BCUT2D eigenvalue weighted by molar-refractivity contribution is 5.82. The minimum absolute atomic E-state index is 0.678. The molecule has 3 rings (SSSR count). The van der Waals surface area contributed by atoms with Crippen LogP contribution in [0.4, 0.5) is 0 Å². The van der Waals surface area contributed by atoms with Gasteiger partial charge in [0.1, 0.15) is 11.3 Å². The monoisotopic (exact) mass is 285 g/mol. The van der Waals surface area contributed by atoms with E-state index in [-0.39, 0.29) is 0 Å². The lowest BCUT2D eigenvalue weighted by molar-refractivity contribution is 0.422. The van der Waals surface area contributed by atoms with Crippen LogP contribution in [-0.2, 0) is 13.0 Å². The largest absolute Gasteiger partial charge is 0.461 e. The molecule has 1 aliphatic rings. The van der Waals surface area contributed by atoms with Crippen molar-refractivity contribution in [2.45, 2.75) is 65.0 Å². The third kappa shape index (κ3) is 3.16. The molecule has 2 unspecified atom stereocenters. The van der Waals surface area contributed by atoms with E-state index in [2.05, 4.69) is 43.4 Å². The Morgan fingerprint density at radius 3 is 2.86 bits per heavy atom. The van der Waals surface area contributed by atoms with Gasteiger partial charge in [0.25, 0.3) is 0 Å². The number of benzene rings is 1. The molecule has 2 nitrogen and oxygen atoms in total. The molecule has 0 bridgehead atoms. The van der Waals surface area contributed by atoms with Crippen molar-refractivity contribution in [1.29, 1.82) is 0 Å². The van der Waals surface area contributed by atoms with E-state index >= 15 is 0 Å². The van der Waals surface area contributed by atoms with E-state index in [0.717, 1.165) is 24.5 Å². The molecule has 1 heterocycles. The molecular weight excluding hydrogens is 258 g/mol. The number of hydrogen-bond acceptors (Lipinski definition) is 2. The first-order valence-corrected chi connectivity index (χ1v) is 8.52. The Labute approximate surface area is 127 Å². The summed E-state index contributed by atoms with van der Waals surface area (Å²) in [6.07, 6.45) is 7.53. The van der Waals surface area contributed by atoms with Gasteiger partial charge >= 0.3 is 0 Å². The Bertz CT molecular complexity index is 586. The second kappa shape index (κ2) is 6.65. The van der Waals surface area contributed by atoms with Crippen LogP contribution in [0.5, 0.6) is 0 Å². The van der Waals surface area contributed by atoms with Gasteiger partial charge in [0, 0.05) is 30.0 Å². The van der Waals surface area contributed by atoms with Gasteiger partial charge in [-0.3, -0.25) is 0 Å². The van der Waals surface area contributed by atoms with Crippen LogP contribution < -0.4 is 5.32 Å². The van der Waals surface area contributed by atoms with Gasteiger partial charge in [0.15, 0.2) is 0 Å². The lowest BCUT2D eigenvalue weighted by atomic mass is 10.0. The maximum Gasteiger partial charge on any atom is 0.134 e. The van der Waals surface area contributed by atoms with Crippen LogP contribution >= 0.6 is 0 Å². The Morgan fingerprint density at radius 2 is 2.10 bits per heavy atom. The van der Waals surface area contributed by atoms with E-state index in [4.69, 9.17) is 4.42 Å². The predicted molar refractivity (Wildman–Crippen MR) is 88.5 cm³/mol. The van der Waals surface area contributed by atoms with Gasteiger partial charge in [0.05, 0.1) is 0 Å². The first-order valence-electron chi connectivity index (χ1n) is 8.52. The van der Waals surface area contributed by atoms with Gasteiger partial charge in [-0.25, -0.2) is 0 Å². The van der Waals surface area contributed by atoms with E-state index in [0.29, 0.717) is 6.04 Å². The average Bonchev–Trinajstić information content (AvgIpc) is 3.06. The number of furan rings is 1. The first kappa shape index (κ1) is 14.6. The van der Waals surface area contributed by atoms with Gasteiger partial charge in [0.2, 0.25) is 0 Å². The SMILES string of the molecule is CCCCc1oc2ccccc2c1CNC1CCCC1C. The molecule has 2 atom stereocenters.